The summed E-state index contributed by atoms with van der Waals surface area (Å²) in [7, 11) is 0. The van der Waals surface area contributed by atoms with Gasteiger partial charge in [-0.15, -0.1) is 0 Å². The number of hydrogen-bond acceptors (Lipinski definition) is 1. The molecule has 0 aliphatic carbocycles. The molecular formula is C18H16ClN3O. The average molecular weight is 326 g/mol. The summed E-state index contributed by atoms with van der Waals surface area (Å²) in [6.07, 6.45) is 0. The number of halogens is 1. The molecule has 4 nitrogen and oxygen atoms in total. The van der Waals surface area contributed by atoms with Crippen LogP contribution in [0.1, 0.15) is 5.69 Å². The number of amides is 2. The monoisotopic (exact) mass is 325 g/mol. The van der Waals surface area contributed by atoms with Crippen LogP contribution in [-0.2, 0) is 13.1 Å². The van der Waals surface area contributed by atoms with E-state index in [0.717, 1.165) is 12.2 Å². The van der Waals surface area contributed by atoms with Gasteiger partial charge in [-0.1, -0.05) is 29.8 Å². The molecule has 0 spiro atoms. The number of hydrogen-bond donors (Lipinski definition) is 1. The molecule has 4 rings (SSSR count). The smallest absolute Gasteiger partial charge is 0.322 e. The van der Waals surface area contributed by atoms with Crippen LogP contribution in [0, 0.1) is 0 Å². The molecular weight excluding hydrogens is 310 g/mol. The summed E-state index contributed by atoms with van der Waals surface area (Å²) in [5.41, 5.74) is 3.16. The standard InChI is InChI=1S/C18H16ClN3O/c19-14-5-7-15(8-6-14)20-18(23)21-9-10-22-16(12-21)11-13-3-1-2-4-17(13)22/h1-8,11H,9-10,12H2,(H,20,23). The fourth-order valence-electron chi connectivity index (χ4n) is 3.07. The molecule has 3 aromatic rings. The molecule has 1 aliphatic heterocycles. The van der Waals surface area contributed by atoms with E-state index in [2.05, 4.69) is 34.1 Å². The van der Waals surface area contributed by atoms with Gasteiger partial charge in [0, 0.05) is 35.0 Å². The van der Waals surface area contributed by atoms with Crippen molar-refractivity contribution in [3.05, 3.63) is 65.3 Å². The number of urea groups is 1. The van der Waals surface area contributed by atoms with E-state index in [1.165, 1.54) is 16.6 Å². The highest BCUT2D eigenvalue weighted by Gasteiger charge is 2.22. The fraction of sp³-hybridized carbons (Fsp3) is 0.167. The third-order valence-corrected chi connectivity index (χ3v) is 4.48. The molecule has 0 fully saturated rings. The number of carbonyl (C=O) groups is 1. The summed E-state index contributed by atoms with van der Waals surface area (Å²) in [6.45, 7) is 2.14. The summed E-state index contributed by atoms with van der Waals surface area (Å²) >= 11 is 5.87. The van der Waals surface area contributed by atoms with E-state index in [1.54, 1.807) is 24.3 Å². The first-order valence-corrected chi connectivity index (χ1v) is 7.97. The minimum absolute atomic E-state index is 0.0798. The van der Waals surface area contributed by atoms with Gasteiger partial charge in [0.15, 0.2) is 0 Å². The SMILES string of the molecule is O=C(Nc1ccc(Cl)cc1)N1CCn2c(cc3ccccc32)C1. The number of rotatable bonds is 1. The Morgan fingerprint density at radius 1 is 1.04 bits per heavy atom. The second-order valence-corrected chi connectivity index (χ2v) is 6.14. The topological polar surface area (TPSA) is 37.3 Å². The van der Waals surface area contributed by atoms with Crippen molar-refractivity contribution in [3.8, 4) is 0 Å². The Bertz CT molecular complexity index is 870. The van der Waals surface area contributed by atoms with Gasteiger partial charge in [-0.05, 0) is 41.8 Å². The van der Waals surface area contributed by atoms with E-state index < -0.39 is 0 Å². The molecule has 2 aromatic carbocycles. The van der Waals surface area contributed by atoms with Crippen LogP contribution in [0.3, 0.4) is 0 Å². The predicted octanol–water partition coefficient (Wildman–Crippen LogP) is 4.34. The van der Waals surface area contributed by atoms with Crippen LogP contribution in [0.25, 0.3) is 10.9 Å². The van der Waals surface area contributed by atoms with E-state index in [9.17, 15) is 4.79 Å². The van der Waals surface area contributed by atoms with Crippen molar-refractivity contribution in [1.82, 2.24) is 9.47 Å². The number of anilines is 1. The van der Waals surface area contributed by atoms with Crippen LogP contribution in [0.2, 0.25) is 5.02 Å². The summed E-state index contributed by atoms with van der Waals surface area (Å²) in [5.74, 6) is 0. The second-order valence-electron chi connectivity index (χ2n) is 5.70. The van der Waals surface area contributed by atoms with Crippen molar-refractivity contribution in [2.45, 2.75) is 13.1 Å². The molecule has 0 bridgehead atoms. The van der Waals surface area contributed by atoms with Gasteiger partial charge in [0.1, 0.15) is 0 Å². The van der Waals surface area contributed by atoms with Crippen LogP contribution in [0.4, 0.5) is 10.5 Å². The lowest BCUT2D eigenvalue weighted by molar-refractivity contribution is 0.198. The summed E-state index contributed by atoms with van der Waals surface area (Å²) in [6, 6.07) is 17.6. The van der Waals surface area contributed by atoms with Crippen molar-refractivity contribution in [1.29, 1.82) is 0 Å². The van der Waals surface area contributed by atoms with E-state index in [1.807, 2.05) is 11.0 Å². The van der Waals surface area contributed by atoms with E-state index >= 15 is 0 Å². The molecule has 1 aliphatic rings. The largest absolute Gasteiger partial charge is 0.341 e. The third-order valence-electron chi connectivity index (χ3n) is 4.23. The number of aromatic nitrogens is 1. The summed E-state index contributed by atoms with van der Waals surface area (Å²) in [5, 5.41) is 4.80. The van der Waals surface area contributed by atoms with Crippen LogP contribution in [-0.4, -0.2) is 22.0 Å². The molecule has 1 N–H and O–H groups in total. The number of nitrogens with one attached hydrogen (secondary N) is 1. The maximum atomic E-state index is 12.4. The van der Waals surface area contributed by atoms with E-state index in [0.29, 0.717) is 18.1 Å². The lowest BCUT2D eigenvalue weighted by Crippen LogP contribution is -2.40. The van der Waals surface area contributed by atoms with Crippen LogP contribution in [0.5, 0.6) is 0 Å². The number of nitrogens with zero attached hydrogens (tertiary/aromatic N) is 2. The number of carbonyl (C=O) groups excluding carboxylic acids is 1. The zero-order chi connectivity index (χ0) is 15.8. The minimum atomic E-state index is -0.0798. The van der Waals surface area contributed by atoms with E-state index in [-0.39, 0.29) is 6.03 Å². The van der Waals surface area contributed by atoms with Crippen molar-refractivity contribution in [3.63, 3.8) is 0 Å². The van der Waals surface area contributed by atoms with Crippen molar-refractivity contribution in [2.24, 2.45) is 0 Å². The first-order chi connectivity index (χ1) is 11.2. The maximum Gasteiger partial charge on any atom is 0.322 e. The Morgan fingerprint density at radius 3 is 2.65 bits per heavy atom. The minimum Gasteiger partial charge on any atom is -0.341 e. The molecule has 2 amide bonds. The highest BCUT2D eigenvalue weighted by atomic mass is 35.5. The van der Waals surface area contributed by atoms with Crippen LogP contribution < -0.4 is 5.32 Å². The van der Waals surface area contributed by atoms with Crippen molar-refractivity contribution < 1.29 is 4.79 Å². The summed E-state index contributed by atoms with van der Waals surface area (Å²) < 4.78 is 2.29. The van der Waals surface area contributed by atoms with Gasteiger partial charge in [-0.25, -0.2) is 4.79 Å². The molecule has 0 unspecified atom stereocenters. The highest BCUT2D eigenvalue weighted by Crippen LogP contribution is 2.24. The van der Waals surface area contributed by atoms with Gasteiger partial charge >= 0.3 is 6.03 Å². The lowest BCUT2D eigenvalue weighted by atomic mass is 10.2. The maximum absolute atomic E-state index is 12.4. The van der Waals surface area contributed by atoms with Gasteiger partial charge in [0.2, 0.25) is 0 Å². The van der Waals surface area contributed by atoms with Crippen LogP contribution >= 0.6 is 11.6 Å². The van der Waals surface area contributed by atoms with Crippen molar-refractivity contribution >= 4 is 34.2 Å². The van der Waals surface area contributed by atoms with Gasteiger partial charge in [0.05, 0.1) is 6.54 Å². The number of benzene rings is 2. The van der Waals surface area contributed by atoms with Crippen molar-refractivity contribution in [2.75, 3.05) is 11.9 Å². The Hall–Kier alpha value is -2.46. The molecule has 0 saturated heterocycles. The quantitative estimate of drug-likeness (QED) is 0.710. The normalized spacial score (nSPS) is 13.9. The number of fused-ring (bicyclic) bond motifs is 3. The Balaban J connectivity index is 1.53. The van der Waals surface area contributed by atoms with Gasteiger partial charge in [0.25, 0.3) is 0 Å². The summed E-state index contributed by atoms with van der Waals surface area (Å²) in [4.78, 5) is 14.3. The zero-order valence-electron chi connectivity index (χ0n) is 12.5. The number of para-hydroxylation sites is 1. The Labute approximate surface area is 139 Å². The molecule has 0 atom stereocenters. The van der Waals surface area contributed by atoms with E-state index in [4.69, 9.17) is 11.6 Å². The Morgan fingerprint density at radius 2 is 1.83 bits per heavy atom. The molecule has 23 heavy (non-hydrogen) atoms. The molecule has 5 heteroatoms. The predicted molar refractivity (Wildman–Crippen MR) is 92.8 cm³/mol. The highest BCUT2D eigenvalue weighted by molar-refractivity contribution is 6.30. The second kappa shape index (κ2) is 5.63. The van der Waals surface area contributed by atoms with Gasteiger partial charge in [-0.3, -0.25) is 0 Å². The van der Waals surface area contributed by atoms with Crippen LogP contribution in [0.15, 0.2) is 54.6 Å². The van der Waals surface area contributed by atoms with Gasteiger partial charge in [-0.2, -0.15) is 0 Å². The zero-order valence-corrected chi connectivity index (χ0v) is 13.3. The first-order valence-electron chi connectivity index (χ1n) is 7.59. The average Bonchev–Trinajstić information content (AvgIpc) is 2.94. The third kappa shape index (κ3) is 2.66. The lowest BCUT2D eigenvalue weighted by Gasteiger charge is -2.29. The van der Waals surface area contributed by atoms with Gasteiger partial charge < -0.3 is 14.8 Å². The first kappa shape index (κ1) is 14.2. The molecule has 116 valence electrons. The molecule has 0 saturated carbocycles. The molecule has 1 aromatic heterocycles. The fourth-order valence-corrected chi connectivity index (χ4v) is 3.19. The molecule has 0 radical (unpaired) electrons. The molecule has 2 heterocycles. The Kier molecular flexibility index (Phi) is 3.46.